The zero-order chi connectivity index (χ0) is 20.6. The van der Waals surface area contributed by atoms with Gasteiger partial charge in [-0.05, 0) is 49.6 Å². The molecule has 2 aromatic carbocycles. The lowest BCUT2D eigenvalue weighted by Gasteiger charge is -2.06. The van der Waals surface area contributed by atoms with Gasteiger partial charge in [0.2, 0.25) is 0 Å². The number of benzene rings is 2. The summed E-state index contributed by atoms with van der Waals surface area (Å²) in [4.78, 5) is 28.7. The van der Waals surface area contributed by atoms with Gasteiger partial charge in [-0.3, -0.25) is 10.1 Å². The lowest BCUT2D eigenvalue weighted by molar-refractivity contribution is 0.102. The van der Waals surface area contributed by atoms with Crippen molar-refractivity contribution in [3.8, 4) is 0 Å². The summed E-state index contributed by atoms with van der Waals surface area (Å²) in [5, 5.41) is 10.2. The topological polar surface area (TPSA) is 83.1 Å². The summed E-state index contributed by atoms with van der Waals surface area (Å²) in [7, 11) is 0. The molecule has 7 heteroatoms. The van der Waals surface area contributed by atoms with Gasteiger partial charge in [0, 0.05) is 16.8 Å². The van der Waals surface area contributed by atoms with E-state index >= 15 is 0 Å². The summed E-state index contributed by atoms with van der Waals surface area (Å²) in [6, 6.07) is 14.9. The minimum atomic E-state index is -0.405. The number of thiazole rings is 1. The van der Waals surface area contributed by atoms with Gasteiger partial charge in [0.25, 0.3) is 5.91 Å². The lowest BCUT2D eigenvalue weighted by Crippen LogP contribution is -2.19. The molecular formula is C22H24N4O2S. The minimum Gasteiger partial charge on any atom is -0.321 e. The number of nitrogens with one attached hydrogen (secondary N) is 3. The minimum absolute atomic E-state index is 0.260. The van der Waals surface area contributed by atoms with Crippen LogP contribution in [0.2, 0.25) is 0 Å². The van der Waals surface area contributed by atoms with Crippen LogP contribution in [0.4, 0.5) is 21.3 Å². The third-order valence-electron chi connectivity index (χ3n) is 4.30. The predicted octanol–water partition coefficient (Wildman–Crippen LogP) is 5.69. The lowest BCUT2D eigenvalue weighted by atomic mass is 10.1. The first-order valence-corrected chi connectivity index (χ1v) is 10.4. The van der Waals surface area contributed by atoms with E-state index in [0.29, 0.717) is 10.8 Å². The molecule has 3 N–H and O–H groups in total. The highest BCUT2D eigenvalue weighted by molar-refractivity contribution is 7.14. The van der Waals surface area contributed by atoms with Crippen molar-refractivity contribution in [3.63, 3.8) is 0 Å². The molecular weight excluding hydrogens is 384 g/mol. The maximum Gasteiger partial charge on any atom is 0.325 e. The zero-order valence-electron chi connectivity index (χ0n) is 16.5. The highest BCUT2D eigenvalue weighted by atomic mass is 32.1. The number of rotatable bonds is 7. The van der Waals surface area contributed by atoms with Crippen LogP contribution < -0.4 is 16.0 Å². The van der Waals surface area contributed by atoms with Crippen molar-refractivity contribution in [1.82, 2.24) is 4.98 Å². The number of urea groups is 1. The Bertz CT molecular complexity index is 965. The van der Waals surface area contributed by atoms with Crippen molar-refractivity contribution in [2.75, 3.05) is 16.0 Å². The molecule has 0 aliphatic carbocycles. The number of aryl methyl sites for hydroxylation is 2. The Labute approximate surface area is 174 Å². The first-order chi connectivity index (χ1) is 14.0. The maximum atomic E-state index is 12.4. The molecule has 0 unspecified atom stereocenters. The van der Waals surface area contributed by atoms with Crippen LogP contribution in [-0.4, -0.2) is 16.9 Å². The molecule has 0 atom stereocenters. The van der Waals surface area contributed by atoms with Gasteiger partial charge in [-0.25, -0.2) is 9.78 Å². The van der Waals surface area contributed by atoms with Crippen molar-refractivity contribution < 1.29 is 9.59 Å². The van der Waals surface area contributed by atoms with E-state index in [-0.39, 0.29) is 11.6 Å². The summed E-state index contributed by atoms with van der Waals surface area (Å²) in [5.74, 6) is -0.311. The van der Waals surface area contributed by atoms with Gasteiger partial charge in [-0.1, -0.05) is 43.2 Å². The Morgan fingerprint density at radius 1 is 0.931 bits per heavy atom. The molecule has 0 spiro atoms. The van der Waals surface area contributed by atoms with E-state index in [2.05, 4.69) is 27.9 Å². The number of aromatic nitrogens is 1. The van der Waals surface area contributed by atoms with Gasteiger partial charge in [0.05, 0.1) is 0 Å². The summed E-state index contributed by atoms with van der Waals surface area (Å²) < 4.78 is 0. The van der Waals surface area contributed by atoms with Crippen molar-refractivity contribution >= 4 is 39.8 Å². The van der Waals surface area contributed by atoms with Crippen LogP contribution in [0.5, 0.6) is 0 Å². The second-order valence-corrected chi connectivity index (χ2v) is 7.60. The summed E-state index contributed by atoms with van der Waals surface area (Å²) in [6.45, 7) is 4.14. The fourth-order valence-corrected chi connectivity index (χ4v) is 3.35. The molecule has 3 amide bonds. The number of amides is 3. The number of nitrogens with zero attached hydrogens (tertiary/aromatic N) is 1. The average molecular weight is 409 g/mol. The van der Waals surface area contributed by atoms with Crippen molar-refractivity contribution in [2.24, 2.45) is 0 Å². The van der Waals surface area contributed by atoms with E-state index in [1.165, 1.54) is 16.9 Å². The Balaban J connectivity index is 1.53. The van der Waals surface area contributed by atoms with Gasteiger partial charge in [0.15, 0.2) is 5.13 Å². The first kappa shape index (κ1) is 20.5. The van der Waals surface area contributed by atoms with Crippen LogP contribution in [-0.2, 0) is 6.42 Å². The maximum absolute atomic E-state index is 12.4. The normalized spacial score (nSPS) is 10.4. The van der Waals surface area contributed by atoms with E-state index in [1.807, 2.05) is 55.5 Å². The van der Waals surface area contributed by atoms with E-state index in [4.69, 9.17) is 0 Å². The summed E-state index contributed by atoms with van der Waals surface area (Å²) >= 11 is 1.20. The Kier molecular flexibility index (Phi) is 6.97. The largest absolute Gasteiger partial charge is 0.325 e. The van der Waals surface area contributed by atoms with Crippen LogP contribution in [0.15, 0.2) is 53.9 Å². The third kappa shape index (κ3) is 6.15. The van der Waals surface area contributed by atoms with Gasteiger partial charge in [0.1, 0.15) is 5.69 Å². The smallest absolute Gasteiger partial charge is 0.321 e. The monoisotopic (exact) mass is 408 g/mol. The van der Waals surface area contributed by atoms with E-state index in [9.17, 15) is 9.59 Å². The molecule has 0 aliphatic rings. The molecule has 1 aromatic heterocycles. The molecule has 0 fully saturated rings. The SMILES string of the molecule is CCCCc1ccc(NC(=O)c2csc(NC(=O)Nc3ccc(C)cc3)n2)cc1. The van der Waals surface area contributed by atoms with Crippen molar-refractivity contribution in [3.05, 3.63) is 70.7 Å². The molecule has 0 aliphatic heterocycles. The molecule has 150 valence electrons. The van der Waals surface area contributed by atoms with Crippen LogP contribution >= 0.6 is 11.3 Å². The number of carbonyl (C=O) groups excluding carboxylic acids is 2. The van der Waals surface area contributed by atoms with E-state index in [0.717, 1.165) is 30.5 Å². The van der Waals surface area contributed by atoms with Gasteiger partial charge in [-0.2, -0.15) is 0 Å². The molecule has 3 aromatic rings. The molecule has 6 nitrogen and oxygen atoms in total. The summed E-state index contributed by atoms with van der Waals surface area (Å²) in [5.41, 5.74) is 4.03. The summed E-state index contributed by atoms with van der Waals surface area (Å²) in [6.07, 6.45) is 3.34. The van der Waals surface area contributed by atoms with E-state index < -0.39 is 6.03 Å². The van der Waals surface area contributed by atoms with E-state index in [1.54, 1.807) is 5.38 Å². The molecule has 29 heavy (non-hydrogen) atoms. The number of hydrogen-bond donors (Lipinski definition) is 3. The van der Waals surface area contributed by atoms with Crippen LogP contribution in [0.25, 0.3) is 0 Å². The van der Waals surface area contributed by atoms with Gasteiger partial charge >= 0.3 is 6.03 Å². The van der Waals surface area contributed by atoms with Crippen LogP contribution in [0, 0.1) is 6.92 Å². The second kappa shape index (κ2) is 9.84. The standard InChI is InChI=1S/C22H24N4O2S/c1-3-4-5-16-8-12-17(13-9-16)23-20(27)19-14-29-22(25-19)26-21(28)24-18-10-6-15(2)7-11-18/h6-14H,3-5H2,1-2H3,(H,23,27)(H2,24,25,26,28). The van der Waals surface area contributed by atoms with Crippen LogP contribution in [0.1, 0.15) is 41.4 Å². The molecule has 0 radical (unpaired) electrons. The third-order valence-corrected chi connectivity index (χ3v) is 5.06. The van der Waals surface area contributed by atoms with Gasteiger partial charge < -0.3 is 10.6 Å². The Morgan fingerprint density at radius 3 is 2.28 bits per heavy atom. The van der Waals surface area contributed by atoms with Crippen molar-refractivity contribution in [2.45, 2.75) is 33.1 Å². The average Bonchev–Trinajstić information content (AvgIpc) is 3.18. The molecule has 0 saturated heterocycles. The number of anilines is 3. The molecule has 0 bridgehead atoms. The number of hydrogen-bond acceptors (Lipinski definition) is 4. The van der Waals surface area contributed by atoms with Gasteiger partial charge in [-0.15, -0.1) is 11.3 Å². The zero-order valence-corrected chi connectivity index (χ0v) is 17.3. The number of carbonyl (C=O) groups is 2. The number of unbranched alkanes of at least 4 members (excludes halogenated alkanes) is 1. The Hall–Kier alpha value is -3.19. The quantitative estimate of drug-likeness (QED) is 0.469. The first-order valence-electron chi connectivity index (χ1n) is 9.54. The van der Waals surface area contributed by atoms with Crippen LogP contribution in [0.3, 0.4) is 0 Å². The van der Waals surface area contributed by atoms with Crippen molar-refractivity contribution in [1.29, 1.82) is 0 Å². The Morgan fingerprint density at radius 2 is 1.59 bits per heavy atom. The highest BCUT2D eigenvalue weighted by Gasteiger charge is 2.13. The second-order valence-electron chi connectivity index (χ2n) is 6.74. The predicted molar refractivity (Wildman–Crippen MR) is 119 cm³/mol. The highest BCUT2D eigenvalue weighted by Crippen LogP contribution is 2.18. The molecule has 3 rings (SSSR count). The molecule has 1 heterocycles. The molecule has 0 saturated carbocycles. The fraction of sp³-hybridized carbons (Fsp3) is 0.227. The fourth-order valence-electron chi connectivity index (χ4n) is 2.66.